The van der Waals surface area contributed by atoms with Gasteiger partial charge in [0.05, 0.1) is 5.52 Å². The van der Waals surface area contributed by atoms with Crippen LogP contribution >= 0.6 is 0 Å². The summed E-state index contributed by atoms with van der Waals surface area (Å²) in [6.45, 7) is 0. The molecule has 0 unspecified atom stereocenters. The van der Waals surface area contributed by atoms with Crippen LogP contribution in [0.4, 0.5) is 11.6 Å². The summed E-state index contributed by atoms with van der Waals surface area (Å²) in [4.78, 5) is 8.28. The molecule has 0 saturated heterocycles. The van der Waals surface area contributed by atoms with Crippen LogP contribution in [0.3, 0.4) is 0 Å². The van der Waals surface area contributed by atoms with E-state index in [4.69, 9.17) is 11.5 Å². The number of nitrogen functional groups attached to an aromatic ring is 2. The lowest BCUT2D eigenvalue weighted by atomic mass is 10.1. The van der Waals surface area contributed by atoms with Gasteiger partial charge in [0.25, 0.3) is 0 Å². The van der Waals surface area contributed by atoms with Crippen LogP contribution in [0.5, 0.6) is 11.5 Å². The smallest absolute Gasteiger partial charge is 0.158 e. The SMILES string of the molecule is Nc1cc2ncc(-c3ccc(O)c(O)c3)cc2c(N)n1. The number of nitrogens with two attached hydrogens (primary N) is 2. The van der Waals surface area contributed by atoms with Gasteiger partial charge in [-0.3, -0.25) is 4.98 Å². The summed E-state index contributed by atoms with van der Waals surface area (Å²) >= 11 is 0. The number of aromatic nitrogens is 2. The maximum atomic E-state index is 9.54. The largest absolute Gasteiger partial charge is 0.504 e. The minimum Gasteiger partial charge on any atom is -0.504 e. The van der Waals surface area contributed by atoms with Gasteiger partial charge >= 0.3 is 0 Å². The summed E-state index contributed by atoms with van der Waals surface area (Å²) in [5, 5.41) is 19.6. The van der Waals surface area contributed by atoms with Gasteiger partial charge < -0.3 is 21.7 Å². The normalized spacial score (nSPS) is 10.8. The topological polar surface area (TPSA) is 118 Å². The Balaban J connectivity index is 2.20. The van der Waals surface area contributed by atoms with Crippen LogP contribution in [0.25, 0.3) is 22.0 Å². The van der Waals surface area contributed by atoms with E-state index >= 15 is 0 Å². The van der Waals surface area contributed by atoms with Crippen LogP contribution in [0, 0.1) is 0 Å². The van der Waals surface area contributed by atoms with Crippen LogP contribution in [-0.2, 0) is 0 Å². The van der Waals surface area contributed by atoms with Crippen molar-refractivity contribution in [1.29, 1.82) is 0 Å². The number of phenolic OH excluding ortho intramolecular Hbond substituents is 2. The molecule has 3 rings (SSSR count). The summed E-state index contributed by atoms with van der Waals surface area (Å²) in [7, 11) is 0. The van der Waals surface area contributed by atoms with Crippen molar-refractivity contribution in [3.63, 3.8) is 0 Å². The second-order valence-electron chi connectivity index (χ2n) is 4.43. The van der Waals surface area contributed by atoms with Gasteiger partial charge in [0.1, 0.15) is 11.6 Å². The first kappa shape index (κ1) is 12.0. The highest BCUT2D eigenvalue weighted by atomic mass is 16.3. The lowest BCUT2D eigenvalue weighted by Crippen LogP contribution is -1.98. The molecule has 0 bridgehead atoms. The molecule has 1 aromatic carbocycles. The monoisotopic (exact) mass is 268 g/mol. The molecule has 0 aliphatic carbocycles. The van der Waals surface area contributed by atoms with Gasteiger partial charge in [0.2, 0.25) is 0 Å². The Morgan fingerprint density at radius 1 is 0.900 bits per heavy atom. The van der Waals surface area contributed by atoms with Gasteiger partial charge in [-0.05, 0) is 23.8 Å². The van der Waals surface area contributed by atoms with E-state index in [-0.39, 0.29) is 11.5 Å². The lowest BCUT2D eigenvalue weighted by Gasteiger charge is -2.07. The van der Waals surface area contributed by atoms with Crippen molar-refractivity contribution < 1.29 is 10.2 Å². The third-order valence-corrected chi connectivity index (χ3v) is 3.04. The van der Waals surface area contributed by atoms with Gasteiger partial charge in [-0.15, -0.1) is 0 Å². The van der Waals surface area contributed by atoms with Gasteiger partial charge in [-0.1, -0.05) is 6.07 Å². The molecule has 6 nitrogen and oxygen atoms in total. The molecule has 2 aromatic heterocycles. The van der Waals surface area contributed by atoms with Crippen LogP contribution < -0.4 is 11.5 Å². The zero-order valence-corrected chi connectivity index (χ0v) is 10.4. The Hall–Kier alpha value is -3.02. The molecule has 0 fully saturated rings. The van der Waals surface area contributed by atoms with E-state index in [1.54, 1.807) is 18.3 Å². The zero-order chi connectivity index (χ0) is 14.3. The summed E-state index contributed by atoms with van der Waals surface area (Å²) in [6.07, 6.45) is 1.65. The van der Waals surface area contributed by atoms with E-state index in [0.29, 0.717) is 28.1 Å². The first-order chi connectivity index (χ1) is 9.54. The molecule has 0 radical (unpaired) electrons. The molecule has 0 saturated carbocycles. The van der Waals surface area contributed by atoms with E-state index in [2.05, 4.69) is 9.97 Å². The van der Waals surface area contributed by atoms with E-state index in [9.17, 15) is 10.2 Å². The standard InChI is InChI=1S/C14H12N4O2/c15-13-5-10-9(14(16)18-13)3-8(6-17-10)7-1-2-11(19)12(20)4-7/h1-6,19-20H,(H4,15,16,18). The number of hydrogen-bond donors (Lipinski definition) is 4. The number of fused-ring (bicyclic) bond motifs is 1. The molecule has 20 heavy (non-hydrogen) atoms. The molecule has 100 valence electrons. The lowest BCUT2D eigenvalue weighted by molar-refractivity contribution is 0.404. The van der Waals surface area contributed by atoms with Gasteiger partial charge in [0, 0.05) is 23.2 Å². The fourth-order valence-electron chi connectivity index (χ4n) is 2.03. The molecule has 0 aliphatic heterocycles. The fourth-order valence-corrected chi connectivity index (χ4v) is 2.03. The predicted molar refractivity (Wildman–Crippen MR) is 77.1 cm³/mol. The minimum absolute atomic E-state index is 0.170. The van der Waals surface area contributed by atoms with Crippen molar-refractivity contribution in [1.82, 2.24) is 9.97 Å². The molecule has 3 aromatic rings. The van der Waals surface area contributed by atoms with E-state index in [1.165, 1.54) is 12.1 Å². The highest BCUT2D eigenvalue weighted by Crippen LogP contribution is 2.32. The Bertz CT molecular complexity index is 818. The Morgan fingerprint density at radius 3 is 2.45 bits per heavy atom. The summed E-state index contributed by atoms with van der Waals surface area (Å²) < 4.78 is 0. The number of aromatic hydroxyl groups is 2. The van der Waals surface area contributed by atoms with Crippen molar-refractivity contribution >= 4 is 22.5 Å². The molecular formula is C14H12N4O2. The quantitative estimate of drug-likeness (QED) is 0.500. The molecular weight excluding hydrogens is 256 g/mol. The van der Waals surface area contributed by atoms with E-state index in [1.807, 2.05) is 6.07 Å². The van der Waals surface area contributed by atoms with E-state index in [0.717, 1.165) is 5.56 Å². The van der Waals surface area contributed by atoms with Crippen molar-refractivity contribution in [2.75, 3.05) is 11.5 Å². The first-order valence-electron chi connectivity index (χ1n) is 5.88. The maximum Gasteiger partial charge on any atom is 0.158 e. The van der Waals surface area contributed by atoms with Gasteiger partial charge in [-0.25, -0.2) is 4.98 Å². The van der Waals surface area contributed by atoms with Gasteiger partial charge in [0.15, 0.2) is 11.5 Å². The Morgan fingerprint density at radius 2 is 1.70 bits per heavy atom. The molecule has 0 atom stereocenters. The third kappa shape index (κ3) is 1.93. The molecule has 2 heterocycles. The number of pyridine rings is 2. The molecule has 0 amide bonds. The Kier molecular flexibility index (Phi) is 2.57. The average molecular weight is 268 g/mol. The summed E-state index contributed by atoms with van der Waals surface area (Å²) in [6, 6.07) is 8.01. The van der Waals surface area contributed by atoms with Crippen LogP contribution in [0.1, 0.15) is 0 Å². The minimum atomic E-state index is -0.189. The summed E-state index contributed by atoms with van der Waals surface area (Å²) in [5.41, 5.74) is 13.6. The average Bonchev–Trinajstić information content (AvgIpc) is 2.41. The fraction of sp³-hybridized carbons (Fsp3) is 0. The van der Waals surface area contributed by atoms with Crippen molar-refractivity contribution in [2.45, 2.75) is 0 Å². The number of hydrogen-bond acceptors (Lipinski definition) is 6. The number of anilines is 2. The molecule has 6 heteroatoms. The highest BCUT2D eigenvalue weighted by Gasteiger charge is 2.07. The van der Waals surface area contributed by atoms with Crippen LogP contribution in [0.15, 0.2) is 36.5 Å². The number of rotatable bonds is 1. The third-order valence-electron chi connectivity index (χ3n) is 3.04. The second kappa shape index (κ2) is 4.27. The molecule has 0 spiro atoms. The second-order valence-corrected chi connectivity index (χ2v) is 4.43. The van der Waals surface area contributed by atoms with Crippen molar-refractivity contribution in [3.05, 3.63) is 36.5 Å². The van der Waals surface area contributed by atoms with Crippen molar-refractivity contribution in [2.24, 2.45) is 0 Å². The highest BCUT2D eigenvalue weighted by molar-refractivity contribution is 5.92. The van der Waals surface area contributed by atoms with Gasteiger partial charge in [-0.2, -0.15) is 0 Å². The van der Waals surface area contributed by atoms with E-state index < -0.39 is 0 Å². The number of phenols is 2. The van der Waals surface area contributed by atoms with Crippen LogP contribution in [-0.4, -0.2) is 20.2 Å². The molecule has 0 aliphatic rings. The predicted octanol–water partition coefficient (Wildman–Crippen LogP) is 1.87. The first-order valence-corrected chi connectivity index (χ1v) is 5.88. The van der Waals surface area contributed by atoms with Crippen molar-refractivity contribution in [3.8, 4) is 22.6 Å². The maximum absolute atomic E-state index is 9.54. The van der Waals surface area contributed by atoms with Crippen LogP contribution in [0.2, 0.25) is 0 Å². The number of benzene rings is 1. The Labute approximate surface area is 114 Å². The zero-order valence-electron chi connectivity index (χ0n) is 10.4. The summed E-state index contributed by atoms with van der Waals surface area (Å²) in [5.74, 6) is 0.261. The molecule has 6 N–H and O–H groups in total. The number of nitrogens with zero attached hydrogens (tertiary/aromatic N) is 2.